The van der Waals surface area contributed by atoms with Crippen LogP contribution in [0.1, 0.15) is 5.56 Å². The zero-order valence-electron chi connectivity index (χ0n) is 21.1. The monoisotopic (exact) mass is 488 g/mol. The van der Waals surface area contributed by atoms with E-state index in [0.29, 0.717) is 5.56 Å². The topological polar surface area (TPSA) is 0 Å². The first-order valence-corrected chi connectivity index (χ1v) is 13.0. The second-order valence-electron chi connectivity index (χ2n) is 9.88. The fraction of sp³-hybridized carbons (Fsp3) is 0.0270. The lowest BCUT2D eigenvalue weighted by Crippen LogP contribution is -1.95. The van der Waals surface area contributed by atoms with Gasteiger partial charge in [-0.3, -0.25) is 0 Å². The summed E-state index contributed by atoms with van der Waals surface area (Å²) in [5.41, 5.74) is 7.29. The Hall–Kier alpha value is -4.75. The van der Waals surface area contributed by atoms with Crippen LogP contribution in [-0.4, -0.2) is 0 Å². The lowest BCUT2D eigenvalue weighted by atomic mass is 9.84. The molecule has 0 aliphatic rings. The van der Waals surface area contributed by atoms with Crippen molar-refractivity contribution in [3.05, 3.63) is 145 Å². The third-order valence-corrected chi connectivity index (χ3v) is 7.67. The highest BCUT2D eigenvalue weighted by Crippen LogP contribution is 2.46. The summed E-state index contributed by atoms with van der Waals surface area (Å²) in [5, 5.41) is 6.39. The van der Waals surface area contributed by atoms with Crippen LogP contribution in [-0.2, 0) is 0 Å². The number of benzene rings is 7. The summed E-state index contributed by atoms with van der Waals surface area (Å²) in [6.07, 6.45) is 0. The molecule has 7 aromatic carbocycles. The van der Waals surface area contributed by atoms with Gasteiger partial charge in [0.1, 0.15) is 5.82 Å². The maximum atomic E-state index is 16.0. The van der Waals surface area contributed by atoms with Crippen LogP contribution in [0.5, 0.6) is 0 Å². The van der Waals surface area contributed by atoms with Crippen LogP contribution in [0.4, 0.5) is 4.39 Å². The van der Waals surface area contributed by atoms with Gasteiger partial charge in [0.05, 0.1) is 0 Å². The highest BCUT2D eigenvalue weighted by Gasteiger charge is 2.21. The molecule has 7 rings (SSSR count). The maximum Gasteiger partial charge on any atom is 0.131 e. The van der Waals surface area contributed by atoms with Gasteiger partial charge in [-0.25, -0.2) is 4.39 Å². The molecule has 0 saturated carbocycles. The van der Waals surface area contributed by atoms with Crippen LogP contribution < -0.4 is 0 Å². The van der Waals surface area contributed by atoms with Crippen LogP contribution in [0.3, 0.4) is 0 Å². The van der Waals surface area contributed by atoms with Gasteiger partial charge in [-0.1, -0.05) is 127 Å². The van der Waals surface area contributed by atoms with Gasteiger partial charge in [0.25, 0.3) is 0 Å². The molecule has 0 heterocycles. The van der Waals surface area contributed by atoms with Crippen LogP contribution in [0.25, 0.3) is 65.7 Å². The quantitative estimate of drug-likeness (QED) is 0.217. The Kier molecular flexibility index (Phi) is 5.30. The molecule has 0 fully saturated rings. The molecule has 0 N–H and O–H groups in total. The maximum absolute atomic E-state index is 16.0. The SMILES string of the molecule is Cc1cc(F)c(-c2c3ccccc3c(-c3ccc(-c4ccccc4)cc3)c3ccccc23)c2ccccc12. The van der Waals surface area contributed by atoms with E-state index in [1.807, 2.05) is 31.2 Å². The molecular formula is C37H25F. The molecule has 0 bridgehead atoms. The van der Waals surface area contributed by atoms with Crippen LogP contribution in [0.15, 0.2) is 133 Å². The van der Waals surface area contributed by atoms with Gasteiger partial charge in [0.15, 0.2) is 0 Å². The van der Waals surface area contributed by atoms with Crippen molar-refractivity contribution in [1.82, 2.24) is 0 Å². The molecule has 0 aliphatic heterocycles. The van der Waals surface area contributed by atoms with Gasteiger partial charge in [0, 0.05) is 11.1 Å². The van der Waals surface area contributed by atoms with Crippen molar-refractivity contribution >= 4 is 32.3 Å². The lowest BCUT2D eigenvalue weighted by molar-refractivity contribution is 0.632. The van der Waals surface area contributed by atoms with Crippen molar-refractivity contribution in [3.63, 3.8) is 0 Å². The first-order chi connectivity index (χ1) is 18.7. The van der Waals surface area contributed by atoms with Gasteiger partial charge < -0.3 is 0 Å². The minimum absolute atomic E-state index is 0.184. The Morgan fingerprint density at radius 2 is 0.763 bits per heavy atom. The Morgan fingerprint density at radius 3 is 1.32 bits per heavy atom. The number of hydrogen-bond donors (Lipinski definition) is 0. The van der Waals surface area contributed by atoms with E-state index in [1.165, 1.54) is 16.7 Å². The molecule has 38 heavy (non-hydrogen) atoms. The lowest BCUT2D eigenvalue weighted by Gasteiger charge is -2.20. The minimum Gasteiger partial charge on any atom is -0.206 e. The molecule has 0 unspecified atom stereocenters. The summed E-state index contributed by atoms with van der Waals surface area (Å²) in [6, 6.07) is 45.9. The van der Waals surface area contributed by atoms with Crippen LogP contribution in [0, 0.1) is 12.7 Å². The molecule has 0 radical (unpaired) electrons. The molecule has 180 valence electrons. The molecule has 0 nitrogen and oxygen atoms in total. The Balaban J connectivity index is 1.57. The largest absolute Gasteiger partial charge is 0.206 e. The molecule has 0 aliphatic carbocycles. The van der Waals surface area contributed by atoms with Crippen molar-refractivity contribution in [3.8, 4) is 33.4 Å². The van der Waals surface area contributed by atoms with Crippen LogP contribution in [0.2, 0.25) is 0 Å². The number of rotatable bonds is 3. The van der Waals surface area contributed by atoms with Gasteiger partial charge in [-0.15, -0.1) is 0 Å². The van der Waals surface area contributed by atoms with Crippen molar-refractivity contribution in [2.75, 3.05) is 0 Å². The molecule has 1 heteroatoms. The summed E-state index contributed by atoms with van der Waals surface area (Å²) in [4.78, 5) is 0. The van der Waals surface area contributed by atoms with Crippen molar-refractivity contribution < 1.29 is 4.39 Å². The van der Waals surface area contributed by atoms with E-state index in [0.717, 1.165) is 49.0 Å². The predicted molar refractivity (Wildman–Crippen MR) is 160 cm³/mol. The van der Waals surface area contributed by atoms with Crippen molar-refractivity contribution in [1.29, 1.82) is 0 Å². The number of aryl methyl sites for hydroxylation is 1. The van der Waals surface area contributed by atoms with E-state index in [-0.39, 0.29) is 5.82 Å². The number of hydrogen-bond acceptors (Lipinski definition) is 0. The van der Waals surface area contributed by atoms with E-state index in [2.05, 4.69) is 103 Å². The predicted octanol–water partition coefficient (Wildman–Crippen LogP) is 10.6. The zero-order chi connectivity index (χ0) is 25.6. The number of halogens is 1. The standard InChI is InChI=1S/C37H25F/c1-24-23-34(38)37(29-14-6-5-13-28(24)29)36-32-17-9-7-15-30(32)35(31-16-8-10-18-33(31)36)27-21-19-26(20-22-27)25-11-3-2-4-12-25/h2-23H,1H3. The second-order valence-corrected chi connectivity index (χ2v) is 9.88. The first-order valence-electron chi connectivity index (χ1n) is 13.0. The van der Waals surface area contributed by atoms with E-state index >= 15 is 4.39 Å². The molecule has 0 aromatic heterocycles. The summed E-state index contributed by atoms with van der Waals surface area (Å²) in [6.45, 7) is 1.98. The van der Waals surface area contributed by atoms with E-state index in [9.17, 15) is 0 Å². The third kappa shape index (κ3) is 3.51. The minimum atomic E-state index is -0.184. The summed E-state index contributed by atoms with van der Waals surface area (Å²) < 4.78 is 16.0. The van der Waals surface area contributed by atoms with E-state index in [1.54, 1.807) is 6.07 Å². The highest BCUT2D eigenvalue weighted by atomic mass is 19.1. The second kappa shape index (κ2) is 8.97. The van der Waals surface area contributed by atoms with Crippen molar-refractivity contribution in [2.45, 2.75) is 6.92 Å². The molecular weight excluding hydrogens is 463 g/mol. The first kappa shape index (κ1) is 22.4. The Bertz CT molecular complexity index is 1910. The highest BCUT2D eigenvalue weighted by molar-refractivity contribution is 6.23. The molecule has 0 amide bonds. The zero-order valence-corrected chi connectivity index (χ0v) is 21.1. The van der Waals surface area contributed by atoms with Gasteiger partial charge in [0.2, 0.25) is 0 Å². The van der Waals surface area contributed by atoms with E-state index < -0.39 is 0 Å². The fourth-order valence-electron chi connectivity index (χ4n) is 5.94. The Labute approximate surface area is 221 Å². The van der Waals surface area contributed by atoms with Gasteiger partial charge in [-0.2, -0.15) is 0 Å². The third-order valence-electron chi connectivity index (χ3n) is 7.67. The summed E-state index contributed by atoms with van der Waals surface area (Å²) >= 11 is 0. The van der Waals surface area contributed by atoms with E-state index in [4.69, 9.17) is 0 Å². The van der Waals surface area contributed by atoms with Gasteiger partial charge >= 0.3 is 0 Å². The summed E-state index contributed by atoms with van der Waals surface area (Å²) in [7, 11) is 0. The molecule has 0 saturated heterocycles. The van der Waals surface area contributed by atoms with Crippen molar-refractivity contribution in [2.24, 2.45) is 0 Å². The normalized spacial score (nSPS) is 11.4. The molecule has 0 atom stereocenters. The molecule has 0 spiro atoms. The summed E-state index contributed by atoms with van der Waals surface area (Å²) in [5.74, 6) is -0.184. The Morgan fingerprint density at radius 1 is 0.368 bits per heavy atom. The number of fused-ring (bicyclic) bond motifs is 3. The smallest absolute Gasteiger partial charge is 0.131 e. The average Bonchev–Trinajstić information content (AvgIpc) is 2.97. The average molecular weight is 489 g/mol. The molecule has 7 aromatic rings. The van der Waals surface area contributed by atoms with Gasteiger partial charge in [-0.05, 0) is 73.1 Å². The van der Waals surface area contributed by atoms with Crippen LogP contribution >= 0.6 is 0 Å². The fourth-order valence-corrected chi connectivity index (χ4v) is 5.94.